The fourth-order valence-electron chi connectivity index (χ4n) is 5.28. The molecule has 0 aromatic rings. The monoisotopic (exact) mass is 948 g/mol. The second-order valence-corrected chi connectivity index (χ2v) is 14.5. The Bertz CT molecular complexity index is 1880. The molecule has 0 aromatic carbocycles. The van der Waals surface area contributed by atoms with Crippen LogP contribution in [0.4, 0.5) is 0 Å². The predicted molar refractivity (Wildman–Crippen MR) is 216 cm³/mol. The highest BCUT2D eigenvalue weighted by Crippen LogP contribution is 2.06. The topological polar surface area (TPSA) is 572 Å². The fourth-order valence-corrected chi connectivity index (χ4v) is 5.28. The smallest absolute Gasteiger partial charge is 0.322 e. The minimum atomic E-state index is -2.11. The number of primary amides is 5. The lowest BCUT2D eigenvalue weighted by Gasteiger charge is -2.29. The Morgan fingerprint density at radius 1 is 0.379 bits per heavy atom. The van der Waals surface area contributed by atoms with Crippen LogP contribution >= 0.6 is 0 Å². The Balaban J connectivity index is 6.48. The molecule has 0 bridgehead atoms. The van der Waals surface area contributed by atoms with Crippen LogP contribution in [0.25, 0.3) is 0 Å². The Hall–Kier alpha value is -7.58. The van der Waals surface area contributed by atoms with Crippen LogP contribution in [-0.4, -0.2) is 176 Å². The highest BCUT2D eigenvalue weighted by atomic mass is 16.4. The zero-order valence-corrected chi connectivity index (χ0v) is 35.6. The van der Waals surface area contributed by atoms with Gasteiger partial charge in [0.05, 0.1) is 56.5 Å². The van der Waals surface area contributed by atoms with Gasteiger partial charge < -0.3 is 97.4 Å². The second kappa shape index (κ2) is 27.6. The van der Waals surface area contributed by atoms with Gasteiger partial charge in [-0.15, -0.1) is 0 Å². The molecule has 11 atom stereocenters. The van der Waals surface area contributed by atoms with Gasteiger partial charge in [0.25, 0.3) is 0 Å². The van der Waals surface area contributed by atoms with Crippen molar-refractivity contribution in [3.8, 4) is 0 Å². The molecule has 0 fully saturated rings. The molecule has 370 valence electrons. The van der Waals surface area contributed by atoms with E-state index >= 15 is 0 Å². The summed E-state index contributed by atoms with van der Waals surface area (Å²) in [5.41, 5.74) is 31.4. The zero-order chi connectivity index (χ0) is 51.3. The zero-order valence-electron chi connectivity index (χ0n) is 35.6. The molecule has 13 amide bonds. The third-order valence-electron chi connectivity index (χ3n) is 8.51. The molecule has 0 saturated carbocycles. The summed E-state index contributed by atoms with van der Waals surface area (Å²) in [7, 11) is 0. The number of carboxylic acids is 1. The number of aliphatic hydroxyl groups excluding tert-OH is 3. The summed E-state index contributed by atoms with van der Waals surface area (Å²) in [4.78, 5) is 174. The maximum atomic E-state index is 13.5. The van der Waals surface area contributed by atoms with Crippen molar-refractivity contribution in [2.24, 2.45) is 34.4 Å². The van der Waals surface area contributed by atoms with Crippen LogP contribution in [0.2, 0.25) is 0 Å². The van der Waals surface area contributed by atoms with Gasteiger partial charge in [-0.2, -0.15) is 0 Å². The van der Waals surface area contributed by atoms with Crippen LogP contribution in [0.1, 0.15) is 52.9 Å². The molecule has 0 aromatic heterocycles. The van der Waals surface area contributed by atoms with Gasteiger partial charge >= 0.3 is 5.97 Å². The average molecular weight is 949 g/mol. The SMILES string of the molecule is C[C@@H](O)[C@H](NC(=O)[C@H](CC(N)=O)NC(=O)[C@H](CC(N)=O)NC(=O)[C@H](CC(N)=O)NC(=O)[C@H](CC(N)=O)NC(=O)[C@@H](N)CC(N)=O)C(=O)N[C@H](C(=O)N[C@H](C(=O)NCC(=O)O)[C@@H](C)O)[C@@H](C)O. The number of aliphatic carboxylic acids is 1. The first kappa shape index (κ1) is 58.4. The van der Waals surface area contributed by atoms with E-state index in [0.717, 1.165) is 20.8 Å². The summed E-state index contributed by atoms with van der Waals surface area (Å²) >= 11 is 0. The maximum Gasteiger partial charge on any atom is 0.322 e. The van der Waals surface area contributed by atoms with E-state index < -0.39 is 188 Å². The molecule has 0 unspecified atom stereocenters. The number of nitrogens with one attached hydrogen (secondary N) is 8. The number of rotatable bonds is 30. The lowest BCUT2D eigenvalue weighted by molar-refractivity contribution is -0.140. The van der Waals surface area contributed by atoms with Gasteiger partial charge in [-0.25, -0.2) is 0 Å². The van der Waals surface area contributed by atoms with E-state index in [2.05, 4.69) is 0 Å². The van der Waals surface area contributed by atoms with E-state index in [9.17, 15) is 82.4 Å². The van der Waals surface area contributed by atoms with E-state index in [1.807, 2.05) is 42.5 Å². The van der Waals surface area contributed by atoms with Gasteiger partial charge in [0.15, 0.2) is 0 Å². The first-order chi connectivity index (χ1) is 30.4. The first-order valence-corrected chi connectivity index (χ1v) is 19.2. The molecule has 0 aliphatic heterocycles. The first-order valence-electron chi connectivity index (χ1n) is 19.2. The van der Waals surface area contributed by atoms with Gasteiger partial charge in [-0.1, -0.05) is 0 Å². The van der Waals surface area contributed by atoms with Crippen LogP contribution < -0.4 is 76.9 Å². The van der Waals surface area contributed by atoms with Gasteiger partial charge in [0, 0.05) is 0 Å². The molecule has 24 N–H and O–H groups in total. The van der Waals surface area contributed by atoms with Crippen LogP contribution in [0.3, 0.4) is 0 Å². The summed E-state index contributed by atoms with van der Waals surface area (Å²) < 4.78 is 0. The van der Waals surface area contributed by atoms with Crippen molar-refractivity contribution >= 4 is 82.8 Å². The molecule has 0 rings (SSSR count). The van der Waals surface area contributed by atoms with Crippen molar-refractivity contribution in [3.05, 3.63) is 0 Å². The van der Waals surface area contributed by atoms with E-state index in [1.165, 1.54) is 0 Å². The Labute approximate surface area is 373 Å². The molecule has 0 saturated heterocycles. The lowest BCUT2D eigenvalue weighted by Crippen LogP contribution is -2.64. The quantitative estimate of drug-likeness (QED) is 0.0318. The fraction of sp³-hybridized carbons (Fsp3) is 0.588. The van der Waals surface area contributed by atoms with Crippen molar-refractivity contribution < 1.29 is 87.5 Å². The van der Waals surface area contributed by atoms with Gasteiger partial charge in [0.1, 0.15) is 48.8 Å². The molecular formula is C34H56N14O18. The average Bonchev–Trinajstić information content (AvgIpc) is 3.17. The molecular weight excluding hydrogens is 892 g/mol. The summed E-state index contributed by atoms with van der Waals surface area (Å²) in [5, 5.41) is 55.4. The normalized spacial score (nSPS) is 15.8. The summed E-state index contributed by atoms with van der Waals surface area (Å²) in [6.45, 7) is 2.06. The molecule has 32 heteroatoms. The number of aliphatic hydroxyl groups is 3. The standard InChI is InChI=1S/C34H56N14O18/c1-10(49)24(32(64)41-9-23(57)58)47-34(66)26(12(3)51)48-33(65)25(11(2)50)46-31(63)17(8-22(40)56)45-30(62)16(7-21(39)55)44-29(61)15(6-20(38)54)43-28(60)14(5-19(37)53)42-27(59)13(35)4-18(36)52/h10-17,24-26,49-51H,4-9,35H2,1-3H3,(H2,36,52)(H2,37,53)(H2,38,54)(H2,39,55)(H2,40,56)(H,41,64)(H,42,59)(H,43,60)(H,44,61)(H,45,62)(H,46,63)(H,47,66)(H,48,65)(H,57,58)/t10-,11-,12-,13+,14+,15+,16+,17+,24+,25+,26+/m1/s1. The van der Waals surface area contributed by atoms with Crippen molar-refractivity contribution in [3.63, 3.8) is 0 Å². The second-order valence-electron chi connectivity index (χ2n) is 14.5. The van der Waals surface area contributed by atoms with E-state index in [1.54, 1.807) is 0 Å². The number of hydrogen-bond acceptors (Lipinski definition) is 18. The summed E-state index contributed by atoms with van der Waals surface area (Å²) in [6.07, 6.45) is -10.2. The largest absolute Gasteiger partial charge is 0.480 e. The molecule has 0 radical (unpaired) electrons. The predicted octanol–water partition coefficient (Wildman–Crippen LogP) is -12.6. The molecule has 0 aliphatic rings. The Morgan fingerprint density at radius 2 is 0.621 bits per heavy atom. The summed E-state index contributed by atoms with van der Waals surface area (Å²) in [6, 6.07) is -15.7. The van der Waals surface area contributed by atoms with Crippen LogP contribution in [-0.2, 0) is 67.1 Å². The van der Waals surface area contributed by atoms with Crippen molar-refractivity contribution in [1.29, 1.82) is 0 Å². The summed E-state index contributed by atoms with van der Waals surface area (Å²) in [5.74, 6) is -18.4. The van der Waals surface area contributed by atoms with Gasteiger partial charge in [0.2, 0.25) is 76.8 Å². The molecule has 66 heavy (non-hydrogen) atoms. The third kappa shape index (κ3) is 21.7. The Morgan fingerprint density at radius 3 is 0.879 bits per heavy atom. The van der Waals surface area contributed by atoms with Crippen molar-refractivity contribution in [1.82, 2.24) is 42.5 Å². The van der Waals surface area contributed by atoms with Crippen molar-refractivity contribution in [2.45, 2.75) is 120 Å². The number of amides is 13. The molecule has 0 heterocycles. The van der Waals surface area contributed by atoms with Gasteiger partial charge in [-0.3, -0.25) is 67.1 Å². The van der Waals surface area contributed by atoms with Gasteiger partial charge in [-0.05, 0) is 20.8 Å². The van der Waals surface area contributed by atoms with Crippen LogP contribution in [0, 0.1) is 0 Å². The highest BCUT2D eigenvalue weighted by molar-refractivity contribution is 6.01. The number of hydrogen-bond donors (Lipinski definition) is 18. The maximum absolute atomic E-state index is 13.5. The third-order valence-corrected chi connectivity index (χ3v) is 8.51. The molecule has 0 aliphatic carbocycles. The van der Waals surface area contributed by atoms with E-state index in [4.69, 9.17) is 39.5 Å². The minimum Gasteiger partial charge on any atom is -0.480 e. The highest BCUT2D eigenvalue weighted by Gasteiger charge is 2.38. The number of carbonyl (C=O) groups is 14. The molecule has 0 spiro atoms. The van der Waals surface area contributed by atoms with Crippen LogP contribution in [0.15, 0.2) is 0 Å². The Kier molecular flexibility index (Phi) is 24.4. The number of carboxylic acid groups (broad SMARTS) is 1. The lowest BCUT2D eigenvalue weighted by atomic mass is 10.1. The number of nitrogens with two attached hydrogens (primary N) is 6. The van der Waals surface area contributed by atoms with E-state index in [-0.39, 0.29) is 0 Å². The minimum absolute atomic E-state index is 0.702. The van der Waals surface area contributed by atoms with Crippen LogP contribution in [0.5, 0.6) is 0 Å². The molecule has 32 nitrogen and oxygen atoms in total. The number of carbonyl (C=O) groups excluding carboxylic acids is 13. The van der Waals surface area contributed by atoms with Crippen molar-refractivity contribution in [2.75, 3.05) is 6.54 Å². The van der Waals surface area contributed by atoms with E-state index in [0.29, 0.717) is 0 Å².